The van der Waals surface area contributed by atoms with Gasteiger partial charge in [0.1, 0.15) is 0 Å². The molecule has 51 heavy (non-hydrogen) atoms. The van der Waals surface area contributed by atoms with E-state index in [-0.39, 0.29) is 5.92 Å². The molecule has 2 atom stereocenters. The van der Waals surface area contributed by atoms with Gasteiger partial charge in [-0.15, -0.1) is 0 Å². The van der Waals surface area contributed by atoms with Gasteiger partial charge in [-0.2, -0.15) is 9.97 Å². The third kappa shape index (κ3) is 4.81. The number of anilines is 2. The Hall–Kier alpha value is -6.59. The molecule has 0 amide bonds. The van der Waals surface area contributed by atoms with Gasteiger partial charge in [-0.25, -0.2) is 4.98 Å². The molecule has 1 aliphatic carbocycles. The van der Waals surface area contributed by atoms with E-state index in [1.165, 1.54) is 44.2 Å². The highest BCUT2D eigenvalue weighted by molar-refractivity contribution is 6.10. The summed E-state index contributed by atoms with van der Waals surface area (Å²) < 4.78 is 2.37. The molecule has 0 bridgehead atoms. The van der Waals surface area contributed by atoms with Crippen LogP contribution in [0.5, 0.6) is 0 Å². The molecule has 6 aromatic carbocycles. The number of aromatic nitrogens is 4. The van der Waals surface area contributed by atoms with Gasteiger partial charge in [-0.3, -0.25) is 4.90 Å². The van der Waals surface area contributed by atoms with Crippen LogP contribution in [0, 0.1) is 5.92 Å². The van der Waals surface area contributed by atoms with Crippen molar-refractivity contribution in [2.24, 2.45) is 5.92 Å². The van der Waals surface area contributed by atoms with Crippen LogP contribution in [0.15, 0.2) is 176 Å². The van der Waals surface area contributed by atoms with Crippen LogP contribution in [0.25, 0.3) is 61.4 Å². The van der Waals surface area contributed by atoms with Crippen molar-refractivity contribution in [3.05, 3.63) is 181 Å². The van der Waals surface area contributed by atoms with Crippen LogP contribution < -0.4 is 4.90 Å². The predicted octanol–water partition coefficient (Wildman–Crippen LogP) is 11.3. The van der Waals surface area contributed by atoms with E-state index in [2.05, 4.69) is 150 Å². The Bertz CT molecular complexity index is 2600. The maximum atomic E-state index is 5.13. The molecule has 10 rings (SSSR count). The van der Waals surface area contributed by atoms with Crippen LogP contribution in [-0.4, -0.2) is 19.5 Å². The summed E-state index contributed by atoms with van der Waals surface area (Å²) in [6.45, 7) is 2.30. The summed E-state index contributed by atoms with van der Waals surface area (Å²) in [5, 5.41) is 2.50. The van der Waals surface area contributed by atoms with Crippen LogP contribution in [0.3, 0.4) is 0 Å². The second-order valence-electron chi connectivity index (χ2n) is 13.4. The van der Waals surface area contributed by atoms with Crippen molar-refractivity contribution in [2.45, 2.75) is 12.8 Å². The first-order valence-corrected chi connectivity index (χ1v) is 17.5. The molecule has 5 heteroatoms. The molecule has 2 aliphatic rings. The number of nitrogens with zero attached hydrogens (tertiary/aromatic N) is 5. The smallest absolute Gasteiger partial charge is 0.238 e. The normalized spacial score (nSPS) is 16.3. The first-order chi connectivity index (χ1) is 25.2. The average molecular weight is 656 g/mol. The fraction of sp³-hybridized carbons (Fsp3) is 0.0652. The zero-order chi connectivity index (χ0) is 33.9. The molecule has 1 aliphatic heterocycles. The molecule has 5 nitrogen and oxygen atoms in total. The highest BCUT2D eigenvalue weighted by atomic mass is 15.3. The maximum absolute atomic E-state index is 5.13. The van der Waals surface area contributed by atoms with Gasteiger partial charge in [-0.1, -0.05) is 128 Å². The third-order valence-corrected chi connectivity index (χ3v) is 10.3. The van der Waals surface area contributed by atoms with Crippen molar-refractivity contribution in [1.29, 1.82) is 0 Å². The fourth-order valence-electron chi connectivity index (χ4n) is 7.92. The zero-order valence-electron chi connectivity index (χ0n) is 28.1. The average Bonchev–Trinajstić information content (AvgIpc) is 3.71. The Morgan fingerprint density at radius 1 is 0.529 bits per heavy atom. The van der Waals surface area contributed by atoms with E-state index < -0.39 is 0 Å². The molecule has 8 aromatic rings. The van der Waals surface area contributed by atoms with Gasteiger partial charge >= 0.3 is 0 Å². The lowest BCUT2D eigenvalue weighted by molar-refractivity contribution is 0.617. The van der Waals surface area contributed by atoms with Crippen LogP contribution >= 0.6 is 0 Å². The van der Waals surface area contributed by atoms with Crippen molar-refractivity contribution < 1.29 is 0 Å². The molecule has 0 fully saturated rings. The highest BCUT2D eigenvalue weighted by Gasteiger charge is 2.40. The van der Waals surface area contributed by atoms with Crippen molar-refractivity contribution in [2.75, 3.05) is 4.90 Å². The summed E-state index contributed by atoms with van der Waals surface area (Å²) in [5.41, 5.74) is 11.5. The molecule has 2 aromatic heterocycles. The molecule has 0 radical (unpaired) electrons. The van der Waals surface area contributed by atoms with Crippen LogP contribution in [0.2, 0.25) is 0 Å². The van der Waals surface area contributed by atoms with Gasteiger partial charge in [0.05, 0.1) is 16.7 Å². The highest BCUT2D eigenvalue weighted by Crippen LogP contribution is 2.53. The van der Waals surface area contributed by atoms with Gasteiger partial charge in [0.15, 0.2) is 11.6 Å². The lowest BCUT2D eigenvalue weighted by atomic mass is 9.83. The minimum absolute atomic E-state index is 0.172. The maximum Gasteiger partial charge on any atom is 0.238 e. The summed E-state index contributed by atoms with van der Waals surface area (Å²) in [7, 11) is 0. The van der Waals surface area contributed by atoms with Crippen LogP contribution in [-0.2, 0) is 0 Å². The largest absolute Gasteiger partial charge is 0.309 e. The third-order valence-electron chi connectivity index (χ3n) is 10.3. The number of rotatable bonds is 5. The summed E-state index contributed by atoms with van der Waals surface area (Å²) in [6, 6.07) is 53.5. The number of benzene rings is 6. The Morgan fingerprint density at radius 2 is 1.14 bits per heavy atom. The Morgan fingerprint density at radius 3 is 1.86 bits per heavy atom. The standard InChI is InChI=1S/C46H33N5/c1-30-14-13-23-42-43(30)38-29-34(33-24-26-40-37(28-33)36-21-11-12-22-39(36)50(40)35-19-9-4-10-20-35)25-27-41(38)51(42)46-48-44(31-15-5-2-6-16-31)47-45(49-46)32-17-7-3-8-18-32/h2-30,43H,1H3. The van der Waals surface area contributed by atoms with E-state index >= 15 is 0 Å². The molecule has 242 valence electrons. The number of para-hydroxylation sites is 2. The lowest BCUT2D eigenvalue weighted by Crippen LogP contribution is -2.20. The number of hydrogen-bond donors (Lipinski definition) is 0. The minimum atomic E-state index is 0.172. The van der Waals surface area contributed by atoms with Crippen molar-refractivity contribution in [3.63, 3.8) is 0 Å². The molecule has 3 heterocycles. The summed E-state index contributed by atoms with van der Waals surface area (Å²) in [4.78, 5) is 17.5. The SMILES string of the molecule is CC1C=CC=C2C1c1cc(-c3ccc4c(c3)c3ccccc3n4-c3ccccc3)ccc1N2c1nc(-c2ccccc2)nc(-c2ccccc2)n1. The Kier molecular flexibility index (Phi) is 6.78. The zero-order valence-corrected chi connectivity index (χ0v) is 28.1. The Balaban J connectivity index is 1.13. The molecule has 0 N–H and O–H groups in total. The number of allylic oxidation sites excluding steroid dienone is 4. The lowest BCUT2D eigenvalue weighted by Gasteiger charge is -2.26. The number of hydrogen-bond acceptors (Lipinski definition) is 4. The predicted molar refractivity (Wildman–Crippen MR) is 208 cm³/mol. The molecule has 0 spiro atoms. The van der Waals surface area contributed by atoms with E-state index in [0.717, 1.165) is 22.5 Å². The quantitative estimate of drug-likeness (QED) is 0.185. The Labute approximate surface area is 296 Å². The summed E-state index contributed by atoms with van der Waals surface area (Å²) in [5.74, 6) is 2.42. The fourth-order valence-corrected chi connectivity index (χ4v) is 7.92. The summed E-state index contributed by atoms with van der Waals surface area (Å²) in [6.07, 6.45) is 6.70. The van der Waals surface area contributed by atoms with E-state index in [4.69, 9.17) is 15.0 Å². The second-order valence-corrected chi connectivity index (χ2v) is 13.4. The van der Waals surface area contributed by atoms with Gasteiger partial charge in [0, 0.05) is 39.2 Å². The molecular formula is C46H33N5. The van der Waals surface area contributed by atoms with Crippen molar-refractivity contribution >= 4 is 33.4 Å². The van der Waals surface area contributed by atoms with Gasteiger partial charge in [0.2, 0.25) is 5.95 Å². The molecule has 0 saturated heterocycles. The monoisotopic (exact) mass is 655 g/mol. The van der Waals surface area contributed by atoms with Crippen LogP contribution in [0.1, 0.15) is 18.4 Å². The van der Waals surface area contributed by atoms with E-state index in [0.29, 0.717) is 23.5 Å². The van der Waals surface area contributed by atoms with Gasteiger partial charge in [-0.05, 0) is 71.1 Å². The summed E-state index contributed by atoms with van der Waals surface area (Å²) >= 11 is 0. The first kappa shape index (κ1) is 29.3. The van der Waals surface area contributed by atoms with Gasteiger partial charge < -0.3 is 4.57 Å². The van der Waals surface area contributed by atoms with Crippen LogP contribution in [0.4, 0.5) is 11.6 Å². The molecule has 0 saturated carbocycles. The van der Waals surface area contributed by atoms with Gasteiger partial charge in [0.25, 0.3) is 0 Å². The molecule has 2 unspecified atom stereocenters. The van der Waals surface area contributed by atoms with E-state index in [1.54, 1.807) is 0 Å². The van der Waals surface area contributed by atoms with Crippen molar-refractivity contribution in [1.82, 2.24) is 19.5 Å². The second kappa shape index (κ2) is 11.8. The number of fused-ring (bicyclic) bond motifs is 6. The first-order valence-electron chi connectivity index (χ1n) is 17.5. The van der Waals surface area contributed by atoms with E-state index in [1.807, 2.05) is 36.4 Å². The molecular weight excluding hydrogens is 623 g/mol. The topological polar surface area (TPSA) is 46.8 Å². The van der Waals surface area contributed by atoms with Crippen molar-refractivity contribution in [3.8, 4) is 39.6 Å². The minimum Gasteiger partial charge on any atom is -0.309 e. The van der Waals surface area contributed by atoms with E-state index in [9.17, 15) is 0 Å².